The van der Waals surface area contributed by atoms with Crippen LogP contribution in [0.2, 0.25) is 0 Å². The zero-order valence-corrected chi connectivity index (χ0v) is 13.7. The second-order valence-electron chi connectivity index (χ2n) is 5.83. The molecule has 0 atom stereocenters. The number of nitrogens with zero attached hydrogens (tertiary/aromatic N) is 1. The Labute approximate surface area is 142 Å². The fraction of sp³-hybridized carbons (Fsp3) is 0.143. The SMILES string of the molecule is Cc1ccc(CNC(=O)Cc2cccnc2)cc1-c1ccccc1. The molecule has 0 aliphatic carbocycles. The Bertz CT molecular complexity index is 814. The van der Waals surface area contributed by atoms with Crippen LogP contribution in [-0.2, 0) is 17.8 Å². The second kappa shape index (κ2) is 7.55. The summed E-state index contributed by atoms with van der Waals surface area (Å²) in [6.07, 6.45) is 3.78. The summed E-state index contributed by atoms with van der Waals surface area (Å²) < 4.78 is 0. The molecule has 1 amide bonds. The van der Waals surface area contributed by atoms with Gasteiger partial charge in [0, 0.05) is 18.9 Å². The van der Waals surface area contributed by atoms with Gasteiger partial charge in [-0.3, -0.25) is 9.78 Å². The average Bonchev–Trinajstić information content (AvgIpc) is 2.62. The van der Waals surface area contributed by atoms with E-state index in [0.717, 1.165) is 11.1 Å². The van der Waals surface area contributed by atoms with Crippen LogP contribution in [0.3, 0.4) is 0 Å². The molecule has 0 saturated heterocycles. The van der Waals surface area contributed by atoms with Crippen LogP contribution in [0.15, 0.2) is 73.1 Å². The minimum Gasteiger partial charge on any atom is -0.352 e. The predicted molar refractivity (Wildman–Crippen MR) is 96.4 cm³/mol. The molecule has 3 rings (SSSR count). The van der Waals surface area contributed by atoms with E-state index in [1.54, 1.807) is 12.4 Å². The molecule has 0 radical (unpaired) electrons. The van der Waals surface area contributed by atoms with Gasteiger partial charge in [0.1, 0.15) is 0 Å². The lowest BCUT2D eigenvalue weighted by atomic mass is 9.98. The van der Waals surface area contributed by atoms with Crippen molar-refractivity contribution in [3.63, 3.8) is 0 Å². The third-order valence-electron chi connectivity index (χ3n) is 3.96. The zero-order chi connectivity index (χ0) is 16.8. The van der Waals surface area contributed by atoms with Crippen LogP contribution in [0.1, 0.15) is 16.7 Å². The maximum absolute atomic E-state index is 12.1. The number of pyridine rings is 1. The highest BCUT2D eigenvalue weighted by Crippen LogP contribution is 2.24. The molecule has 2 aromatic carbocycles. The van der Waals surface area contributed by atoms with Gasteiger partial charge in [0.15, 0.2) is 0 Å². The van der Waals surface area contributed by atoms with Crippen LogP contribution in [0.5, 0.6) is 0 Å². The van der Waals surface area contributed by atoms with Crippen LogP contribution in [0.25, 0.3) is 11.1 Å². The molecule has 3 heteroatoms. The molecule has 3 nitrogen and oxygen atoms in total. The van der Waals surface area contributed by atoms with Gasteiger partial charge >= 0.3 is 0 Å². The molecule has 0 aliphatic heterocycles. The summed E-state index contributed by atoms with van der Waals surface area (Å²) >= 11 is 0. The van der Waals surface area contributed by atoms with Gasteiger partial charge in [-0.1, -0.05) is 48.5 Å². The molecule has 3 aromatic rings. The van der Waals surface area contributed by atoms with Crippen molar-refractivity contribution in [1.29, 1.82) is 0 Å². The number of amides is 1. The van der Waals surface area contributed by atoms with Crippen molar-refractivity contribution in [2.75, 3.05) is 0 Å². The normalized spacial score (nSPS) is 10.4. The third kappa shape index (κ3) is 4.07. The molecule has 0 fully saturated rings. The summed E-state index contributed by atoms with van der Waals surface area (Å²) in [5.74, 6) is 0.00448. The van der Waals surface area contributed by atoms with E-state index in [4.69, 9.17) is 0 Å². The number of carbonyl (C=O) groups excluding carboxylic acids is 1. The standard InChI is InChI=1S/C21H20N2O/c1-16-9-10-18(12-20(16)19-7-3-2-4-8-19)15-23-21(24)13-17-6-5-11-22-14-17/h2-12,14H,13,15H2,1H3,(H,23,24). The van der Waals surface area contributed by atoms with Gasteiger partial charge in [0.25, 0.3) is 0 Å². The quantitative estimate of drug-likeness (QED) is 0.775. The van der Waals surface area contributed by atoms with E-state index in [2.05, 4.69) is 47.6 Å². The zero-order valence-electron chi connectivity index (χ0n) is 13.7. The van der Waals surface area contributed by atoms with Gasteiger partial charge in [0.2, 0.25) is 5.91 Å². The summed E-state index contributed by atoms with van der Waals surface area (Å²) in [6, 6.07) is 20.4. The van der Waals surface area contributed by atoms with E-state index in [-0.39, 0.29) is 5.91 Å². The Kier molecular flexibility index (Phi) is 5.02. The van der Waals surface area contributed by atoms with Crippen LogP contribution < -0.4 is 5.32 Å². The second-order valence-corrected chi connectivity index (χ2v) is 5.83. The van der Waals surface area contributed by atoms with Crippen LogP contribution in [0.4, 0.5) is 0 Å². The molecule has 24 heavy (non-hydrogen) atoms. The summed E-state index contributed by atoms with van der Waals surface area (Å²) in [6.45, 7) is 2.63. The van der Waals surface area contributed by atoms with Crippen molar-refractivity contribution in [2.45, 2.75) is 19.9 Å². The van der Waals surface area contributed by atoms with Crippen molar-refractivity contribution < 1.29 is 4.79 Å². The third-order valence-corrected chi connectivity index (χ3v) is 3.96. The average molecular weight is 316 g/mol. The van der Waals surface area contributed by atoms with Crippen LogP contribution in [-0.4, -0.2) is 10.9 Å². The Morgan fingerprint density at radius 1 is 1.00 bits per heavy atom. The first-order valence-electron chi connectivity index (χ1n) is 8.03. The highest BCUT2D eigenvalue weighted by atomic mass is 16.1. The Balaban J connectivity index is 1.67. The molecule has 1 aromatic heterocycles. The van der Waals surface area contributed by atoms with Crippen molar-refractivity contribution in [2.24, 2.45) is 0 Å². The molecular formula is C21H20N2O. The number of carbonyl (C=O) groups is 1. The van der Waals surface area contributed by atoms with E-state index in [1.807, 2.05) is 30.3 Å². The van der Waals surface area contributed by atoms with E-state index < -0.39 is 0 Å². The number of hydrogen-bond acceptors (Lipinski definition) is 2. The molecule has 1 heterocycles. The Morgan fingerprint density at radius 2 is 1.83 bits per heavy atom. The van der Waals surface area contributed by atoms with Gasteiger partial charge in [0.05, 0.1) is 6.42 Å². The number of benzene rings is 2. The van der Waals surface area contributed by atoms with E-state index in [1.165, 1.54) is 16.7 Å². The lowest BCUT2D eigenvalue weighted by Gasteiger charge is -2.10. The molecule has 0 bridgehead atoms. The van der Waals surface area contributed by atoms with Gasteiger partial charge in [-0.15, -0.1) is 0 Å². The molecular weight excluding hydrogens is 296 g/mol. The predicted octanol–water partition coefficient (Wildman–Crippen LogP) is 3.92. The number of aromatic nitrogens is 1. The van der Waals surface area contributed by atoms with Crippen LogP contribution >= 0.6 is 0 Å². The maximum atomic E-state index is 12.1. The van der Waals surface area contributed by atoms with Crippen molar-refractivity contribution >= 4 is 5.91 Å². The Hall–Kier alpha value is -2.94. The lowest BCUT2D eigenvalue weighted by Crippen LogP contribution is -2.24. The largest absolute Gasteiger partial charge is 0.352 e. The summed E-state index contributed by atoms with van der Waals surface area (Å²) in [5.41, 5.74) is 5.64. The maximum Gasteiger partial charge on any atom is 0.224 e. The van der Waals surface area contributed by atoms with Crippen molar-refractivity contribution in [3.05, 3.63) is 89.7 Å². The van der Waals surface area contributed by atoms with Gasteiger partial charge < -0.3 is 5.32 Å². The first-order chi connectivity index (χ1) is 11.7. The van der Waals surface area contributed by atoms with Crippen molar-refractivity contribution in [3.8, 4) is 11.1 Å². The highest BCUT2D eigenvalue weighted by Gasteiger charge is 2.06. The van der Waals surface area contributed by atoms with Gasteiger partial charge in [-0.25, -0.2) is 0 Å². The summed E-state index contributed by atoms with van der Waals surface area (Å²) in [7, 11) is 0. The number of hydrogen-bond donors (Lipinski definition) is 1. The van der Waals surface area contributed by atoms with E-state index >= 15 is 0 Å². The molecule has 0 aliphatic rings. The number of aryl methyl sites for hydroxylation is 1. The molecule has 1 N–H and O–H groups in total. The molecule has 0 saturated carbocycles. The fourth-order valence-corrected chi connectivity index (χ4v) is 2.66. The monoisotopic (exact) mass is 316 g/mol. The minimum atomic E-state index is 0.00448. The lowest BCUT2D eigenvalue weighted by molar-refractivity contribution is -0.120. The van der Waals surface area contributed by atoms with Crippen LogP contribution in [0, 0.1) is 6.92 Å². The van der Waals surface area contributed by atoms with E-state index in [0.29, 0.717) is 13.0 Å². The number of nitrogens with one attached hydrogen (secondary N) is 1. The number of rotatable bonds is 5. The summed E-state index contributed by atoms with van der Waals surface area (Å²) in [4.78, 5) is 16.1. The fourth-order valence-electron chi connectivity index (χ4n) is 2.66. The molecule has 0 spiro atoms. The topological polar surface area (TPSA) is 42.0 Å². The summed E-state index contributed by atoms with van der Waals surface area (Å²) in [5, 5.41) is 2.98. The highest BCUT2D eigenvalue weighted by molar-refractivity contribution is 5.78. The first-order valence-corrected chi connectivity index (χ1v) is 8.03. The van der Waals surface area contributed by atoms with Gasteiger partial charge in [-0.05, 0) is 46.9 Å². The minimum absolute atomic E-state index is 0.00448. The Morgan fingerprint density at radius 3 is 2.58 bits per heavy atom. The molecule has 0 unspecified atom stereocenters. The van der Waals surface area contributed by atoms with Gasteiger partial charge in [-0.2, -0.15) is 0 Å². The molecule has 120 valence electrons. The first kappa shape index (κ1) is 15.9. The smallest absolute Gasteiger partial charge is 0.224 e. The van der Waals surface area contributed by atoms with E-state index in [9.17, 15) is 4.79 Å². The van der Waals surface area contributed by atoms with Crippen molar-refractivity contribution in [1.82, 2.24) is 10.3 Å².